The maximum absolute atomic E-state index is 14.3. The summed E-state index contributed by atoms with van der Waals surface area (Å²) in [6.45, 7) is 0.0445. The minimum Gasteiger partial charge on any atom is -0.508 e. The van der Waals surface area contributed by atoms with Gasteiger partial charge in [-0.2, -0.15) is 0 Å². The van der Waals surface area contributed by atoms with Crippen LogP contribution in [0.4, 0.5) is 0 Å². The number of carbonyl (C=O) groups excluding carboxylic acids is 5. The van der Waals surface area contributed by atoms with Crippen molar-refractivity contribution < 1.29 is 29.1 Å². The van der Waals surface area contributed by atoms with Crippen LogP contribution in [0.2, 0.25) is 5.02 Å². The van der Waals surface area contributed by atoms with Gasteiger partial charge in [-0.1, -0.05) is 23.7 Å². The number of fused-ring (bicyclic) bond motifs is 1. The van der Waals surface area contributed by atoms with Crippen molar-refractivity contribution in [3.8, 4) is 5.75 Å². The van der Waals surface area contributed by atoms with Crippen LogP contribution in [0, 0.1) is 0 Å². The fourth-order valence-electron chi connectivity index (χ4n) is 5.99. The monoisotopic (exact) mass is 767 g/mol. The number of hydrogen-bond donors (Lipinski definition) is 8. The third kappa shape index (κ3) is 11.6. The Morgan fingerprint density at radius 3 is 1.69 bits per heavy atom. The zero-order valence-corrected chi connectivity index (χ0v) is 30.5. The van der Waals surface area contributed by atoms with Crippen molar-refractivity contribution in [2.75, 3.05) is 6.54 Å². The fraction of sp³-hybridized carbons (Fsp3) is 0.256. The van der Waals surface area contributed by atoms with Gasteiger partial charge in [0.1, 0.15) is 29.9 Å². The number of H-pyrrole nitrogens is 1. The fourth-order valence-corrected chi connectivity index (χ4v) is 6.11. The summed E-state index contributed by atoms with van der Waals surface area (Å²) < 4.78 is 0. The third-order valence-corrected chi connectivity index (χ3v) is 9.11. The molecule has 3 aromatic heterocycles. The molecule has 0 radical (unpaired) electrons. The molecule has 0 aliphatic carbocycles. The van der Waals surface area contributed by atoms with Crippen LogP contribution in [-0.4, -0.2) is 80.3 Å². The lowest BCUT2D eigenvalue weighted by Gasteiger charge is -2.26. The highest BCUT2D eigenvalue weighted by Gasteiger charge is 2.32. The molecular formula is C39H42ClN9O6. The van der Waals surface area contributed by atoms with Crippen molar-refractivity contribution in [1.29, 1.82) is 0 Å². The average molecular weight is 768 g/mol. The van der Waals surface area contributed by atoms with Gasteiger partial charge in [0.05, 0.1) is 0 Å². The normalized spacial score (nSPS) is 13.2. The molecule has 2 aromatic carbocycles. The van der Waals surface area contributed by atoms with Crippen LogP contribution in [-0.2, 0) is 49.7 Å². The van der Waals surface area contributed by atoms with Crippen LogP contribution in [0.5, 0.6) is 5.75 Å². The molecule has 0 spiro atoms. The lowest BCUT2D eigenvalue weighted by atomic mass is 10.0. The van der Waals surface area contributed by atoms with Crippen molar-refractivity contribution in [2.45, 2.75) is 56.3 Å². The van der Waals surface area contributed by atoms with Crippen LogP contribution in [0.15, 0.2) is 97.7 Å². The van der Waals surface area contributed by atoms with Crippen molar-refractivity contribution in [3.05, 3.63) is 125 Å². The molecule has 10 N–H and O–H groups in total. The van der Waals surface area contributed by atoms with E-state index in [0.29, 0.717) is 38.2 Å². The molecule has 0 aliphatic heterocycles. The van der Waals surface area contributed by atoms with E-state index >= 15 is 0 Å². The highest BCUT2D eigenvalue weighted by molar-refractivity contribution is 6.30. The number of primary amides is 1. The number of benzene rings is 2. The number of nitrogens with zero attached hydrogens (tertiary/aromatic N) is 2. The number of halogens is 1. The zero-order chi connectivity index (χ0) is 39.3. The number of carbonyl (C=O) groups is 5. The Morgan fingerprint density at radius 1 is 0.673 bits per heavy atom. The van der Waals surface area contributed by atoms with Gasteiger partial charge in [0.15, 0.2) is 0 Å². The third-order valence-electron chi connectivity index (χ3n) is 8.86. The first-order valence-corrected chi connectivity index (χ1v) is 17.9. The van der Waals surface area contributed by atoms with Gasteiger partial charge in [0.25, 0.3) is 0 Å². The van der Waals surface area contributed by atoms with Gasteiger partial charge >= 0.3 is 0 Å². The summed E-state index contributed by atoms with van der Waals surface area (Å²) in [7, 11) is 0. The lowest BCUT2D eigenvalue weighted by Crippen LogP contribution is -2.59. The number of phenolic OH excluding ortho intramolecular Hbond substituents is 1. The molecule has 0 fully saturated rings. The average Bonchev–Trinajstić information content (AvgIpc) is 3.56. The molecule has 16 heteroatoms. The molecular weight excluding hydrogens is 726 g/mol. The van der Waals surface area contributed by atoms with E-state index in [-0.39, 0.29) is 44.4 Å². The van der Waals surface area contributed by atoms with E-state index in [1.807, 2.05) is 0 Å². The molecule has 0 saturated heterocycles. The van der Waals surface area contributed by atoms with Gasteiger partial charge in [-0.25, -0.2) is 0 Å². The van der Waals surface area contributed by atoms with Gasteiger partial charge < -0.3 is 42.8 Å². The van der Waals surface area contributed by atoms with Crippen LogP contribution in [0.1, 0.15) is 28.7 Å². The minimum atomic E-state index is -1.26. The maximum atomic E-state index is 14.3. The molecule has 0 unspecified atom stereocenters. The molecule has 0 saturated carbocycles. The van der Waals surface area contributed by atoms with Crippen LogP contribution >= 0.6 is 11.6 Å². The number of amides is 5. The predicted octanol–water partition coefficient (Wildman–Crippen LogP) is 1.36. The molecule has 3 heterocycles. The number of rotatable bonds is 18. The largest absolute Gasteiger partial charge is 0.508 e. The number of aromatic amines is 1. The summed E-state index contributed by atoms with van der Waals surface area (Å²) in [6.07, 6.45) is 7.89. The Hall–Kier alpha value is -6.32. The summed E-state index contributed by atoms with van der Waals surface area (Å²) in [5.74, 6) is -3.32. The standard InChI is InChI=1S/C39H42ClN9O6/c40-27-3-1-23(2-4-27)18-32(49-39(55)34(46-35(51)7-12-41)20-26-22-45-30-6-5-28(50)21-29(26)30)38(54)48-33(19-25-10-15-44-16-11-25)37(53)47-31(36(42)52)17-24-8-13-43-14-9-24/h1-6,8-11,13-16,21-22,31-34,45,50H,7,12,17-20,41H2,(H2,42,52)(H,46,51)(H,47,53)(H,48,54)(H,49,55)/t31-,32+,33+,34+/m1/s1. The summed E-state index contributed by atoms with van der Waals surface area (Å²) in [5.41, 5.74) is 14.6. The quantitative estimate of drug-likeness (QED) is 0.0641. The first kappa shape index (κ1) is 39.9. The highest BCUT2D eigenvalue weighted by Crippen LogP contribution is 2.24. The molecule has 5 rings (SSSR count). The van der Waals surface area contributed by atoms with Crippen molar-refractivity contribution >= 4 is 52.0 Å². The Kier molecular flexibility index (Phi) is 13.9. The molecule has 286 valence electrons. The summed E-state index contributed by atoms with van der Waals surface area (Å²) >= 11 is 6.12. The molecule has 0 aliphatic rings. The van der Waals surface area contributed by atoms with E-state index in [1.54, 1.807) is 91.6 Å². The molecule has 5 amide bonds. The Morgan fingerprint density at radius 2 is 1.16 bits per heavy atom. The van der Waals surface area contributed by atoms with Gasteiger partial charge in [0.2, 0.25) is 29.5 Å². The van der Waals surface area contributed by atoms with E-state index in [2.05, 4.69) is 36.2 Å². The Labute approximate surface area is 321 Å². The lowest BCUT2D eigenvalue weighted by molar-refractivity contribution is -0.134. The maximum Gasteiger partial charge on any atom is 0.243 e. The number of nitrogens with one attached hydrogen (secondary N) is 5. The number of aromatic hydroxyl groups is 1. The number of phenols is 1. The number of hydrogen-bond acceptors (Lipinski definition) is 9. The summed E-state index contributed by atoms with van der Waals surface area (Å²) in [6, 6.07) is 13.4. The van der Waals surface area contributed by atoms with E-state index in [9.17, 15) is 29.1 Å². The van der Waals surface area contributed by atoms with E-state index in [1.165, 1.54) is 6.07 Å². The van der Waals surface area contributed by atoms with Crippen LogP contribution in [0.3, 0.4) is 0 Å². The second-order valence-electron chi connectivity index (χ2n) is 12.9. The first-order chi connectivity index (χ1) is 26.5. The summed E-state index contributed by atoms with van der Waals surface area (Å²) in [4.78, 5) is 78.6. The number of pyridine rings is 2. The molecule has 4 atom stereocenters. The Balaban J connectivity index is 1.42. The molecule has 0 bridgehead atoms. The predicted molar refractivity (Wildman–Crippen MR) is 205 cm³/mol. The van der Waals surface area contributed by atoms with E-state index in [0.717, 1.165) is 0 Å². The Bertz CT molecular complexity index is 2100. The molecule has 5 aromatic rings. The van der Waals surface area contributed by atoms with Gasteiger partial charge in [-0.3, -0.25) is 33.9 Å². The van der Waals surface area contributed by atoms with Crippen molar-refractivity contribution in [2.24, 2.45) is 11.5 Å². The smallest absolute Gasteiger partial charge is 0.243 e. The minimum absolute atomic E-state index is 0.0000613. The molecule has 15 nitrogen and oxygen atoms in total. The van der Waals surface area contributed by atoms with Crippen LogP contribution < -0.4 is 32.7 Å². The summed E-state index contributed by atoms with van der Waals surface area (Å²) in [5, 5.41) is 22.2. The van der Waals surface area contributed by atoms with Gasteiger partial charge in [0, 0.05) is 85.6 Å². The van der Waals surface area contributed by atoms with E-state index in [4.69, 9.17) is 23.1 Å². The van der Waals surface area contributed by atoms with Crippen LogP contribution in [0.25, 0.3) is 10.9 Å². The van der Waals surface area contributed by atoms with Crippen molar-refractivity contribution in [1.82, 2.24) is 36.2 Å². The highest BCUT2D eigenvalue weighted by atomic mass is 35.5. The SMILES string of the molecule is NCCC(=O)N[C@@H](Cc1c[nH]c2ccc(O)cc12)C(=O)N[C@@H](Cc1ccc(Cl)cc1)C(=O)N[C@@H](Cc1ccncc1)C(=O)N[C@H](Cc1ccncc1)C(N)=O. The molecule has 55 heavy (non-hydrogen) atoms. The second kappa shape index (κ2) is 19.1. The number of aromatic nitrogens is 3. The number of nitrogens with two attached hydrogens (primary N) is 2. The van der Waals surface area contributed by atoms with Gasteiger partial charge in [-0.15, -0.1) is 0 Å². The van der Waals surface area contributed by atoms with E-state index < -0.39 is 53.7 Å². The zero-order valence-electron chi connectivity index (χ0n) is 29.7. The first-order valence-electron chi connectivity index (χ1n) is 17.5. The van der Waals surface area contributed by atoms with Gasteiger partial charge in [-0.05, 0) is 76.9 Å². The van der Waals surface area contributed by atoms with Crippen molar-refractivity contribution in [3.63, 3.8) is 0 Å². The topological polar surface area (TPSA) is 247 Å². The second-order valence-corrected chi connectivity index (χ2v) is 13.4.